The first-order chi connectivity index (χ1) is 11.5. The summed E-state index contributed by atoms with van der Waals surface area (Å²) in [4.78, 5) is 24.1. The van der Waals surface area contributed by atoms with E-state index in [9.17, 15) is 9.59 Å². The highest BCUT2D eigenvalue weighted by atomic mass is 35.5. The Morgan fingerprint density at radius 3 is 2.75 bits per heavy atom. The van der Waals surface area contributed by atoms with E-state index in [4.69, 9.17) is 21.1 Å². The van der Waals surface area contributed by atoms with Crippen LogP contribution >= 0.6 is 11.6 Å². The molecule has 1 aliphatic rings. The first-order valence-corrected chi connectivity index (χ1v) is 7.64. The Bertz CT molecular complexity index is 807. The second-order valence-electron chi connectivity index (χ2n) is 5.26. The highest BCUT2D eigenvalue weighted by Crippen LogP contribution is 2.32. The van der Waals surface area contributed by atoms with Crippen molar-refractivity contribution in [3.05, 3.63) is 52.5 Å². The number of hydrogen-bond acceptors (Lipinski definition) is 4. The molecule has 0 spiro atoms. The summed E-state index contributed by atoms with van der Waals surface area (Å²) in [5.41, 5.74) is 1.89. The van der Waals surface area contributed by atoms with E-state index < -0.39 is 0 Å². The van der Waals surface area contributed by atoms with Gasteiger partial charge in [-0.15, -0.1) is 0 Å². The molecule has 0 aliphatic carbocycles. The van der Waals surface area contributed by atoms with Gasteiger partial charge in [-0.3, -0.25) is 9.59 Å². The number of benzene rings is 2. The molecule has 6 nitrogen and oxygen atoms in total. The van der Waals surface area contributed by atoms with Crippen molar-refractivity contribution in [3.8, 4) is 11.5 Å². The molecule has 7 heteroatoms. The molecule has 24 heavy (non-hydrogen) atoms. The maximum absolute atomic E-state index is 12.1. The second-order valence-corrected chi connectivity index (χ2v) is 5.69. The molecule has 0 bridgehead atoms. The highest BCUT2D eigenvalue weighted by Gasteiger charge is 2.16. The van der Waals surface area contributed by atoms with Crippen molar-refractivity contribution in [1.29, 1.82) is 0 Å². The van der Waals surface area contributed by atoms with Gasteiger partial charge < -0.3 is 20.1 Å². The molecule has 124 valence electrons. The average molecular weight is 347 g/mol. The van der Waals surface area contributed by atoms with Crippen LogP contribution in [0.5, 0.6) is 11.5 Å². The number of carbonyl (C=O) groups excluding carboxylic acids is 2. The molecule has 2 aromatic rings. The van der Waals surface area contributed by atoms with Crippen molar-refractivity contribution in [2.45, 2.75) is 6.92 Å². The van der Waals surface area contributed by atoms with Gasteiger partial charge in [0, 0.05) is 16.3 Å². The van der Waals surface area contributed by atoms with E-state index in [2.05, 4.69) is 10.6 Å². The lowest BCUT2D eigenvalue weighted by atomic mass is 10.2. The molecule has 2 amide bonds. The Hall–Kier alpha value is -2.73. The number of anilines is 1. The summed E-state index contributed by atoms with van der Waals surface area (Å²) in [7, 11) is 0. The van der Waals surface area contributed by atoms with E-state index in [0.717, 1.165) is 5.56 Å². The number of hydrogen-bond donors (Lipinski definition) is 2. The van der Waals surface area contributed by atoms with Gasteiger partial charge in [-0.1, -0.05) is 17.7 Å². The molecule has 1 heterocycles. The second kappa shape index (κ2) is 6.80. The predicted octanol–water partition coefficient (Wildman–Crippen LogP) is 2.75. The molecule has 0 saturated heterocycles. The van der Waals surface area contributed by atoms with E-state index >= 15 is 0 Å². The van der Waals surface area contributed by atoms with Crippen LogP contribution in [0.3, 0.4) is 0 Å². The third-order valence-electron chi connectivity index (χ3n) is 3.52. The summed E-state index contributed by atoms with van der Waals surface area (Å²) >= 11 is 5.91. The van der Waals surface area contributed by atoms with Crippen LogP contribution in [0, 0.1) is 6.92 Å². The van der Waals surface area contributed by atoms with Gasteiger partial charge in [0.15, 0.2) is 11.5 Å². The number of halogens is 1. The standard InChI is InChI=1S/C17H15ClN2O4/c1-10-2-4-12(18)7-13(10)20-16(21)8-19-17(22)11-3-5-14-15(6-11)24-9-23-14/h2-7H,8-9H2,1H3,(H,19,22)(H,20,21). The van der Waals surface area contributed by atoms with E-state index in [1.165, 1.54) is 0 Å². The van der Waals surface area contributed by atoms with Gasteiger partial charge in [-0.2, -0.15) is 0 Å². The van der Waals surface area contributed by atoms with Crippen LogP contribution in [0.1, 0.15) is 15.9 Å². The van der Waals surface area contributed by atoms with Crippen LogP contribution in [0.4, 0.5) is 5.69 Å². The predicted molar refractivity (Wildman–Crippen MR) is 89.7 cm³/mol. The molecular weight excluding hydrogens is 332 g/mol. The van der Waals surface area contributed by atoms with Gasteiger partial charge in [-0.25, -0.2) is 0 Å². The number of nitrogens with one attached hydrogen (secondary N) is 2. The van der Waals surface area contributed by atoms with Crippen molar-refractivity contribution in [2.75, 3.05) is 18.7 Å². The topological polar surface area (TPSA) is 76.7 Å². The van der Waals surface area contributed by atoms with Gasteiger partial charge in [0.1, 0.15) is 0 Å². The molecule has 0 saturated carbocycles. The lowest BCUT2D eigenvalue weighted by molar-refractivity contribution is -0.115. The van der Waals surface area contributed by atoms with Crippen LogP contribution in [0.2, 0.25) is 5.02 Å². The minimum atomic E-state index is -0.369. The Morgan fingerprint density at radius 2 is 1.92 bits per heavy atom. The van der Waals surface area contributed by atoms with Gasteiger partial charge >= 0.3 is 0 Å². The number of rotatable bonds is 4. The summed E-state index contributed by atoms with van der Waals surface area (Å²) < 4.78 is 10.4. The monoisotopic (exact) mass is 346 g/mol. The summed E-state index contributed by atoms with van der Waals surface area (Å²) in [5, 5.41) is 5.81. The molecule has 0 radical (unpaired) electrons. The molecular formula is C17H15ClN2O4. The quantitative estimate of drug-likeness (QED) is 0.892. The Kier molecular flexibility index (Phi) is 4.57. The molecule has 0 fully saturated rings. The number of fused-ring (bicyclic) bond motifs is 1. The molecule has 0 aromatic heterocycles. The van der Waals surface area contributed by atoms with E-state index in [1.54, 1.807) is 30.3 Å². The first-order valence-electron chi connectivity index (χ1n) is 7.27. The zero-order chi connectivity index (χ0) is 17.1. The number of amides is 2. The maximum Gasteiger partial charge on any atom is 0.251 e. The Morgan fingerprint density at radius 1 is 1.12 bits per heavy atom. The highest BCUT2D eigenvalue weighted by molar-refractivity contribution is 6.31. The third kappa shape index (κ3) is 3.60. The molecule has 0 unspecified atom stereocenters. The first kappa shape index (κ1) is 16.1. The fraction of sp³-hybridized carbons (Fsp3) is 0.176. The van der Waals surface area contributed by atoms with Crippen molar-refractivity contribution in [2.24, 2.45) is 0 Å². The SMILES string of the molecule is Cc1ccc(Cl)cc1NC(=O)CNC(=O)c1ccc2c(c1)OCO2. The molecule has 0 atom stereocenters. The largest absolute Gasteiger partial charge is 0.454 e. The van der Waals surface area contributed by atoms with Crippen LogP contribution in [0.25, 0.3) is 0 Å². The lowest BCUT2D eigenvalue weighted by Crippen LogP contribution is -2.33. The summed E-state index contributed by atoms with van der Waals surface area (Å²) in [6.07, 6.45) is 0. The summed E-state index contributed by atoms with van der Waals surface area (Å²) in [6, 6.07) is 10.1. The Labute approximate surface area is 143 Å². The van der Waals surface area contributed by atoms with Crippen molar-refractivity contribution < 1.29 is 19.1 Å². The smallest absolute Gasteiger partial charge is 0.251 e. The number of ether oxygens (including phenoxy) is 2. The lowest BCUT2D eigenvalue weighted by Gasteiger charge is -2.10. The molecule has 2 N–H and O–H groups in total. The van der Waals surface area contributed by atoms with Crippen LogP contribution in [-0.4, -0.2) is 25.2 Å². The summed E-state index contributed by atoms with van der Waals surface area (Å²) in [6.45, 7) is 1.85. The summed E-state index contributed by atoms with van der Waals surface area (Å²) in [5.74, 6) is 0.406. The van der Waals surface area contributed by atoms with Gasteiger partial charge in [0.25, 0.3) is 5.91 Å². The minimum Gasteiger partial charge on any atom is -0.454 e. The average Bonchev–Trinajstić information content (AvgIpc) is 3.03. The van der Waals surface area contributed by atoms with Crippen LogP contribution in [-0.2, 0) is 4.79 Å². The van der Waals surface area contributed by atoms with E-state index in [1.807, 2.05) is 13.0 Å². The van der Waals surface area contributed by atoms with Crippen molar-refractivity contribution in [3.63, 3.8) is 0 Å². The van der Waals surface area contributed by atoms with Crippen molar-refractivity contribution in [1.82, 2.24) is 5.32 Å². The van der Waals surface area contributed by atoms with Crippen molar-refractivity contribution >= 4 is 29.1 Å². The van der Waals surface area contributed by atoms with Crippen LogP contribution in [0.15, 0.2) is 36.4 Å². The fourth-order valence-electron chi connectivity index (χ4n) is 2.22. The normalized spacial score (nSPS) is 11.9. The minimum absolute atomic E-state index is 0.141. The zero-order valence-electron chi connectivity index (χ0n) is 12.9. The van der Waals surface area contributed by atoms with E-state index in [0.29, 0.717) is 27.8 Å². The van der Waals surface area contributed by atoms with Gasteiger partial charge in [-0.05, 0) is 42.8 Å². The molecule has 1 aliphatic heterocycles. The fourth-order valence-corrected chi connectivity index (χ4v) is 2.40. The maximum atomic E-state index is 12.1. The van der Waals surface area contributed by atoms with Gasteiger partial charge in [0.2, 0.25) is 12.7 Å². The zero-order valence-corrected chi connectivity index (χ0v) is 13.6. The number of carbonyl (C=O) groups is 2. The Balaban J connectivity index is 1.58. The third-order valence-corrected chi connectivity index (χ3v) is 3.75. The number of aryl methyl sites for hydroxylation is 1. The molecule has 2 aromatic carbocycles. The molecule has 3 rings (SSSR count). The van der Waals surface area contributed by atoms with Gasteiger partial charge in [0.05, 0.1) is 6.54 Å². The van der Waals surface area contributed by atoms with E-state index in [-0.39, 0.29) is 25.2 Å². The van der Waals surface area contributed by atoms with Crippen LogP contribution < -0.4 is 20.1 Å².